The third kappa shape index (κ3) is 3.42. The van der Waals surface area contributed by atoms with Gasteiger partial charge >= 0.3 is 0 Å². The summed E-state index contributed by atoms with van der Waals surface area (Å²) in [5.41, 5.74) is 6.40. The molecule has 168 valence electrons. The number of aromatic nitrogens is 6. The SMILES string of the molecule is CC(=O)N1CCc2ccc(-n3cc(-c4n[nH]c5ccc(-c6cccnc6F)cc45)nn3)cc2C1. The predicted molar refractivity (Wildman–Crippen MR) is 124 cm³/mol. The fraction of sp³-hybridized carbons (Fsp3) is 0.160. The minimum absolute atomic E-state index is 0.0787. The van der Waals surface area contributed by atoms with Gasteiger partial charge in [-0.2, -0.15) is 9.49 Å². The van der Waals surface area contributed by atoms with Crippen LogP contribution >= 0.6 is 0 Å². The van der Waals surface area contributed by atoms with E-state index in [4.69, 9.17) is 0 Å². The van der Waals surface area contributed by atoms with E-state index < -0.39 is 5.95 Å². The lowest BCUT2D eigenvalue weighted by molar-refractivity contribution is -0.129. The van der Waals surface area contributed by atoms with E-state index in [1.807, 2.05) is 35.4 Å². The molecule has 0 unspecified atom stereocenters. The molecule has 8 nitrogen and oxygen atoms in total. The largest absolute Gasteiger partial charge is 0.338 e. The summed E-state index contributed by atoms with van der Waals surface area (Å²) in [6.07, 6.45) is 4.09. The first-order valence-corrected chi connectivity index (χ1v) is 11.0. The molecule has 0 spiro atoms. The van der Waals surface area contributed by atoms with Crippen molar-refractivity contribution in [3.63, 3.8) is 0 Å². The average molecular weight is 453 g/mol. The van der Waals surface area contributed by atoms with Crippen LogP contribution in [0.15, 0.2) is 60.9 Å². The number of nitrogens with one attached hydrogen (secondary N) is 1. The van der Waals surface area contributed by atoms with Crippen LogP contribution in [0.3, 0.4) is 0 Å². The maximum absolute atomic E-state index is 14.2. The van der Waals surface area contributed by atoms with Crippen LogP contribution in [0.1, 0.15) is 18.1 Å². The van der Waals surface area contributed by atoms with Crippen LogP contribution in [0.25, 0.3) is 39.1 Å². The second kappa shape index (κ2) is 7.87. The summed E-state index contributed by atoms with van der Waals surface area (Å²) in [5.74, 6) is -0.441. The van der Waals surface area contributed by atoms with Crippen molar-refractivity contribution in [1.29, 1.82) is 0 Å². The Morgan fingerprint density at radius 3 is 2.88 bits per heavy atom. The van der Waals surface area contributed by atoms with E-state index in [9.17, 15) is 9.18 Å². The van der Waals surface area contributed by atoms with Crippen LogP contribution in [0, 0.1) is 5.95 Å². The zero-order valence-corrected chi connectivity index (χ0v) is 18.4. The molecule has 1 aliphatic heterocycles. The van der Waals surface area contributed by atoms with Gasteiger partial charge in [-0.15, -0.1) is 5.10 Å². The summed E-state index contributed by atoms with van der Waals surface area (Å²) in [4.78, 5) is 17.4. The predicted octanol–water partition coefficient (Wildman–Crippen LogP) is 3.92. The Labute approximate surface area is 194 Å². The van der Waals surface area contributed by atoms with E-state index >= 15 is 0 Å². The summed E-state index contributed by atoms with van der Waals surface area (Å²) in [6.45, 7) is 2.94. The number of rotatable bonds is 3. The molecule has 1 amide bonds. The Morgan fingerprint density at radius 2 is 2.03 bits per heavy atom. The summed E-state index contributed by atoms with van der Waals surface area (Å²) >= 11 is 0. The van der Waals surface area contributed by atoms with Gasteiger partial charge in [-0.05, 0) is 59.5 Å². The first kappa shape index (κ1) is 20.2. The molecule has 0 fully saturated rings. The zero-order valence-electron chi connectivity index (χ0n) is 18.4. The van der Waals surface area contributed by atoms with Gasteiger partial charge in [0.1, 0.15) is 11.4 Å². The molecule has 9 heteroatoms. The molecule has 1 N–H and O–H groups in total. The number of halogens is 1. The zero-order chi connectivity index (χ0) is 23.2. The molecule has 6 rings (SSSR count). The van der Waals surface area contributed by atoms with Crippen LogP contribution in [-0.4, -0.2) is 47.5 Å². The Hall–Kier alpha value is -4.40. The molecule has 4 heterocycles. The van der Waals surface area contributed by atoms with E-state index in [1.165, 1.54) is 11.8 Å². The third-order valence-electron chi connectivity index (χ3n) is 6.28. The number of hydrogen-bond donors (Lipinski definition) is 1. The fourth-order valence-electron chi connectivity index (χ4n) is 4.43. The van der Waals surface area contributed by atoms with Gasteiger partial charge in [0.05, 0.1) is 17.4 Å². The van der Waals surface area contributed by atoms with Crippen LogP contribution < -0.4 is 0 Å². The highest BCUT2D eigenvalue weighted by atomic mass is 19.1. The number of carbonyl (C=O) groups is 1. The van der Waals surface area contributed by atoms with Gasteiger partial charge in [0.2, 0.25) is 11.9 Å². The highest BCUT2D eigenvalue weighted by molar-refractivity contribution is 5.94. The van der Waals surface area contributed by atoms with Gasteiger partial charge in [-0.1, -0.05) is 17.3 Å². The fourth-order valence-corrected chi connectivity index (χ4v) is 4.43. The molecule has 0 atom stereocenters. The Morgan fingerprint density at radius 1 is 1.12 bits per heavy atom. The van der Waals surface area contributed by atoms with Crippen molar-refractivity contribution in [2.24, 2.45) is 0 Å². The lowest BCUT2D eigenvalue weighted by Crippen LogP contribution is -2.34. The molecular formula is C25H20FN7O. The van der Waals surface area contributed by atoms with Crippen molar-refractivity contribution >= 4 is 16.8 Å². The van der Waals surface area contributed by atoms with Gasteiger partial charge in [0.15, 0.2) is 0 Å². The monoisotopic (exact) mass is 453 g/mol. The molecule has 2 aromatic carbocycles. The van der Waals surface area contributed by atoms with Crippen molar-refractivity contribution < 1.29 is 9.18 Å². The smallest absolute Gasteiger partial charge is 0.220 e. The maximum Gasteiger partial charge on any atom is 0.220 e. The lowest BCUT2D eigenvalue weighted by atomic mass is 9.99. The third-order valence-corrected chi connectivity index (χ3v) is 6.28. The van der Waals surface area contributed by atoms with Crippen molar-refractivity contribution in [1.82, 2.24) is 35.1 Å². The average Bonchev–Trinajstić information content (AvgIpc) is 3.50. The van der Waals surface area contributed by atoms with Crippen molar-refractivity contribution in [2.45, 2.75) is 19.9 Å². The highest BCUT2D eigenvalue weighted by Crippen LogP contribution is 2.31. The van der Waals surface area contributed by atoms with E-state index in [1.54, 1.807) is 23.7 Å². The lowest BCUT2D eigenvalue weighted by Gasteiger charge is -2.28. The Balaban J connectivity index is 1.36. The van der Waals surface area contributed by atoms with Gasteiger partial charge in [0, 0.05) is 37.2 Å². The number of pyridine rings is 1. The molecule has 0 bridgehead atoms. The van der Waals surface area contributed by atoms with Gasteiger partial charge in [-0.3, -0.25) is 9.89 Å². The standard InChI is InChI=1S/C25H20FN7O/c1-15(34)32-10-8-16-4-6-19(11-18(16)13-32)33-14-23(29-31-33)24-21-12-17(5-7-22(21)28-30-24)20-3-2-9-27-25(20)26/h2-7,9,11-12,14H,8,10,13H2,1H3,(H,28,30). The number of benzene rings is 2. The summed E-state index contributed by atoms with van der Waals surface area (Å²) in [6, 6.07) is 15.1. The van der Waals surface area contributed by atoms with E-state index in [2.05, 4.69) is 37.6 Å². The van der Waals surface area contributed by atoms with Crippen LogP contribution in [0.2, 0.25) is 0 Å². The molecule has 0 saturated heterocycles. The molecule has 34 heavy (non-hydrogen) atoms. The maximum atomic E-state index is 14.2. The quantitative estimate of drug-likeness (QED) is 0.418. The minimum Gasteiger partial charge on any atom is -0.338 e. The first-order chi connectivity index (χ1) is 16.6. The van der Waals surface area contributed by atoms with Gasteiger partial charge in [0.25, 0.3) is 0 Å². The van der Waals surface area contributed by atoms with Crippen LogP contribution in [0.5, 0.6) is 0 Å². The van der Waals surface area contributed by atoms with Crippen molar-refractivity contribution in [3.05, 3.63) is 78.0 Å². The summed E-state index contributed by atoms with van der Waals surface area (Å²) in [5, 5.41) is 16.9. The minimum atomic E-state index is -0.520. The van der Waals surface area contributed by atoms with Gasteiger partial charge in [-0.25, -0.2) is 9.67 Å². The molecule has 5 aromatic rings. The Bertz CT molecular complexity index is 1550. The molecular weight excluding hydrogens is 433 g/mol. The molecule has 0 saturated carbocycles. The molecule has 1 aliphatic rings. The van der Waals surface area contributed by atoms with E-state index in [-0.39, 0.29) is 5.91 Å². The second-order valence-corrected chi connectivity index (χ2v) is 8.37. The van der Waals surface area contributed by atoms with E-state index in [0.717, 1.165) is 35.1 Å². The highest BCUT2D eigenvalue weighted by Gasteiger charge is 2.19. The number of amides is 1. The summed E-state index contributed by atoms with van der Waals surface area (Å²) in [7, 11) is 0. The van der Waals surface area contributed by atoms with E-state index in [0.29, 0.717) is 29.1 Å². The number of H-pyrrole nitrogens is 1. The molecule has 0 aliphatic carbocycles. The van der Waals surface area contributed by atoms with Crippen LogP contribution in [0.4, 0.5) is 4.39 Å². The number of nitrogens with zero attached hydrogens (tertiary/aromatic N) is 6. The number of carbonyl (C=O) groups excluding carboxylic acids is 1. The van der Waals surface area contributed by atoms with Gasteiger partial charge < -0.3 is 4.90 Å². The second-order valence-electron chi connectivity index (χ2n) is 8.37. The van der Waals surface area contributed by atoms with Crippen molar-refractivity contribution in [3.8, 4) is 28.2 Å². The number of hydrogen-bond acceptors (Lipinski definition) is 5. The van der Waals surface area contributed by atoms with Crippen LogP contribution in [-0.2, 0) is 17.8 Å². The first-order valence-electron chi connectivity index (χ1n) is 11.0. The topological polar surface area (TPSA) is 92.6 Å². The molecule has 0 radical (unpaired) electrons. The normalized spacial score (nSPS) is 13.3. The number of aromatic amines is 1. The Kier molecular flexibility index (Phi) is 4.68. The number of fused-ring (bicyclic) bond motifs is 2. The summed E-state index contributed by atoms with van der Waals surface area (Å²) < 4.78 is 15.9. The van der Waals surface area contributed by atoms with Crippen molar-refractivity contribution in [2.75, 3.05) is 6.54 Å². The molecule has 3 aromatic heterocycles.